The van der Waals surface area contributed by atoms with Crippen LogP contribution in [0.3, 0.4) is 0 Å². The first kappa shape index (κ1) is 28.0. The van der Waals surface area contributed by atoms with Gasteiger partial charge in [0, 0.05) is 35.1 Å². The third-order valence-corrected chi connectivity index (χ3v) is 8.24. The molecule has 0 saturated heterocycles. The van der Waals surface area contributed by atoms with Gasteiger partial charge in [0.1, 0.15) is 24.6 Å². The van der Waals surface area contributed by atoms with Crippen molar-refractivity contribution in [1.82, 2.24) is 14.5 Å². The number of nitrogens with zero attached hydrogens (tertiary/aromatic N) is 3. The van der Waals surface area contributed by atoms with Crippen molar-refractivity contribution in [2.24, 2.45) is 0 Å². The van der Waals surface area contributed by atoms with Crippen LogP contribution in [0, 0.1) is 11.6 Å². The van der Waals surface area contributed by atoms with Gasteiger partial charge in [0.05, 0.1) is 22.5 Å². The summed E-state index contributed by atoms with van der Waals surface area (Å²) >= 11 is 0. The Labute approximate surface area is 247 Å². The highest BCUT2D eigenvalue weighted by molar-refractivity contribution is 7.92. The van der Waals surface area contributed by atoms with Gasteiger partial charge < -0.3 is 4.74 Å². The summed E-state index contributed by atoms with van der Waals surface area (Å²) in [6.07, 6.45) is 3.36. The van der Waals surface area contributed by atoms with Crippen molar-refractivity contribution in [3.63, 3.8) is 0 Å². The lowest BCUT2D eigenvalue weighted by molar-refractivity contribution is 0.294. The van der Waals surface area contributed by atoms with Crippen LogP contribution < -0.4 is 9.46 Å². The minimum Gasteiger partial charge on any atom is -0.473 e. The summed E-state index contributed by atoms with van der Waals surface area (Å²) in [6, 6.07) is 27.5. The maximum absolute atomic E-state index is 14.7. The number of halogens is 2. The molecule has 0 amide bonds. The molecule has 6 aromatic rings. The van der Waals surface area contributed by atoms with Crippen LogP contribution in [0.4, 0.5) is 14.5 Å². The Morgan fingerprint density at radius 2 is 1.65 bits per heavy atom. The number of hydrogen-bond acceptors (Lipinski definition) is 5. The highest BCUT2D eigenvalue weighted by Gasteiger charge is 2.15. The topological polar surface area (TPSA) is 86.1 Å². The second-order valence-corrected chi connectivity index (χ2v) is 11.9. The van der Waals surface area contributed by atoms with Crippen LogP contribution in [0.5, 0.6) is 5.88 Å². The van der Waals surface area contributed by atoms with E-state index in [1.165, 1.54) is 19.1 Å². The minimum absolute atomic E-state index is 0.135. The summed E-state index contributed by atoms with van der Waals surface area (Å²) in [5.74, 6) is -1.08. The first-order valence-electron chi connectivity index (χ1n) is 13.5. The summed E-state index contributed by atoms with van der Waals surface area (Å²) in [7, 11) is -3.62. The van der Waals surface area contributed by atoms with Crippen LogP contribution in [-0.2, 0) is 16.6 Å². The molecule has 10 heteroatoms. The highest BCUT2D eigenvalue weighted by Crippen LogP contribution is 2.32. The second kappa shape index (κ2) is 11.7. The lowest BCUT2D eigenvalue weighted by atomic mass is 10.0. The van der Waals surface area contributed by atoms with Gasteiger partial charge in [0.15, 0.2) is 0 Å². The maximum Gasteiger partial charge on any atom is 0.232 e. The maximum atomic E-state index is 14.7. The van der Waals surface area contributed by atoms with E-state index in [-0.39, 0.29) is 17.0 Å². The molecular weight excluding hydrogens is 570 g/mol. The van der Waals surface area contributed by atoms with Crippen LogP contribution in [0.2, 0.25) is 0 Å². The van der Waals surface area contributed by atoms with Gasteiger partial charge in [-0.1, -0.05) is 36.4 Å². The second-order valence-electron chi connectivity index (χ2n) is 9.88. The van der Waals surface area contributed by atoms with Gasteiger partial charge in [-0.05, 0) is 72.1 Å². The average Bonchev–Trinajstić information content (AvgIpc) is 3.44. The number of imidazole rings is 1. The molecule has 0 unspecified atom stereocenters. The number of rotatable bonds is 9. The first-order valence-corrected chi connectivity index (χ1v) is 15.1. The molecule has 0 fully saturated rings. The zero-order valence-corrected chi connectivity index (χ0v) is 23.9. The van der Waals surface area contributed by atoms with Crippen molar-refractivity contribution < 1.29 is 21.9 Å². The molecule has 0 radical (unpaired) electrons. The zero-order chi connectivity index (χ0) is 30.0. The third-order valence-electron chi connectivity index (χ3n) is 6.94. The molecule has 2 aromatic heterocycles. The predicted molar refractivity (Wildman–Crippen MR) is 164 cm³/mol. The van der Waals surface area contributed by atoms with Crippen molar-refractivity contribution in [1.29, 1.82) is 0 Å². The van der Waals surface area contributed by atoms with Crippen molar-refractivity contribution in [3.05, 3.63) is 127 Å². The van der Waals surface area contributed by atoms with Gasteiger partial charge in [0.2, 0.25) is 15.9 Å². The number of ether oxygens (including phenoxy) is 1. The molecule has 4 aromatic carbocycles. The summed E-state index contributed by atoms with van der Waals surface area (Å²) in [5, 5.41) is 0. The minimum atomic E-state index is -3.62. The molecule has 0 aliphatic heterocycles. The molecule has 0 saturated carbocycles. The lowest BCUT2D eigenvalue weighted by Crippen LogP contribution is -2.15. The summed E-state index contributed by atoms with van der Waals surface area (Å²) in [6.45, 7) is 1.95. The number of nitrogens with one attached hydrogen (secondary N) is 1. The van der Waals surface area contributed by atoms with Gasteiger partial charge in [-0.3, -0.25) is 9.29 Å². The molecule has 1 N–H and O–H groups in total. The number of sulfonamides is 1. The molecule has 7 nitrogen and oxygen atoms in total. The normalized spacial score (nSPS) is 11.5. The SMILES string of the molecule is CCS(=O)(=O)Nc1cc(-c2ccc(F)cc2F)cc(-n2cnc3cc(-c4ccc(OCc5ccccc5)nc4)ccc32)c1. The van der Waals surface area contributed by atoms with Gasteiger partial charge >= 0.3 is 0 Å². The largest absolute Gasteiger partial charge is 0.473 e. The van der Waals surface area contributed by atoms with E-state index in [1.54, 1.807) is 29.2 Å². The fourth-order valence-electron chi connectivity index (χ4n) is 4.71. The van der Waals surface area contributed by atoms with Crippen molar-refractivity contribution in [3.8, 4) is 33.8 Å². The van der Waals surface area contributed by atoms with E-state index >= 15 is 0 Å². The standard InChI is InChI=1S/C33H26F2N4O3S/c1-2-43(40,41)38-27-14-25(29-11-10-26(34)17-30(29)35)15-28(18-27)39-21-37-31-16-23(8-12-32(31)39)24-9-13-33(36-19-24)42-20-22-6-4-3-5-7-22/h3-19,21,38H,2,20H2,1H3. The van der Waals surface area contributed by atoms with Crippen LogP contribution in [0.25, 0.3) is 39.0 Å². The van der Waals surface area contributed by atoms with Crippen molar-refractivity contribution in [2.45, 2.75) is 13.5 Å². The van der Waals surface area contributed by atoms with E-state index in [4.69, 9.17) is 4.74 Å². The van der Waals surface area contributed by atoms with Gasteiger partial charge in [-0.15, -0.1) is 0 Å². The highest BCUT2D eigenvalue weighted by atomic mass is 32.2. The van der Waals surface area contributed by atoms with E-state index in [2.05, 4.69) is 14.7 Å². The Hall–Kier alpha value is -5.09. The number of fused-ring (bicyclic) bond motifs is 1. The van der Waals surface area contributed by atoms with Gasteiger partial charge in [-0.2, -0.15) is 0 Å². The Morgan fingerprint density at radius 1 is 0.837 bits per heavy atom. The fourth-order valence-corrected chi connectivity index (χ4v) is 5.33. The summed E-state index contributed by atoms with van der Waals surface area (Å²) in [5.41, 5.74) is 5.59. The van der Waals surface area contributed by atoms with Crippen LogP contribution in [0.15, 0.2) is 110 Å². The Kier molecular flexibility index (Phi) is 7.60. The molecule has 0 aliphatic rings. The van der Waals surface area contributed by atoms with Crippen LogP contribution in [0.1, 0.15) is 12.5 Å². The predicted octanol–water partition coefficient (Wildman–Crippen LogP) is 7.37. The quantitative estimate of drug-likeness (QED) is 0.188. The van der Waals surface area contributed by atoms with Gasteiger partial charge in [-0.25, -0.2) is 27.2 Å². The van der Waals surface area contributed by atoms with E-state index in [0.717, 1.165) is 34.3 Å². The average molecular weight is 597 g/mol. The Morgan fingerprint density at radius 3 is 2.40 bits per heavy atom. The summed E-state index contributed by atoms with van der Waals surface area (Å²) < 4.78 is 63.2. The number of anilines is 1. The molecule has 0 aliphatic carbocycles. The van der Waals surface area contributed by atoms with Gasteiger partial charge in [0.25, 0.3) is 0 Å². The first-order chi connectivity index (χ1) is 20.8. The fraction of sp³-hybridized carbons (Fsp3) is 0.0909. The molecular formula is C33H26F2N4O3S. The number of benzene rings is 4. The molecule has 216 valence electrons. The number of pyridine rings is 1. The molecule has 0 spiro atoms. The van der Waals surface area contributed by atoms with E-state index < -0.39 is 21.7 Å². The van der Waals surface area contributed by atoms with E-state index in [9.17, 15) is 17.2 Å². The molecule has 2 heterocycles. The lowest BCUT2D eigenvalue weighted by Gasteiger charge is -2.14. The van der Waals surface area contributed by atoms with E-state index in [1.807, 2.05) is 60.7 Å². The monoisotopic (exact) mass is 596 g/mol. The van der Waals surface area contributed by atoms with Crippen molar-refractivity contribution >= 4 is 26.7 Å². The van der Waals surface area contributed by atoms with E-state index in [0.29, 0.717) is 29.3 Å². The zero-order valence-electron chi connectivity index (χ0n) is 23.0. The molecule has 0 bridgehead atoms. The Bertz CT molecular complexity index is 2030. The smallest absolute Gasteiger partial charge is 0.232 e. The molecule has 43 heavy (non-hydrogen) atoms. The molecule has 6 rings (SSSR count). The van der Waals surface area contributed by atoms with Crippen molar-refractivity contribution in [2.75, 3.05) is 10.5 Å². The number of hydrogen-bond donors (Lipinski definition) is 1. The summed E-state index contributed by atoms with van der Waals surface area (Å²) in [4.78, 5) is 9.01. The van der Waals surface area contributed by atoms with Crippen LogP contribution in [-0.4, -0.2) is 28.7 Å². The number of aromatic nitrogens is 3. The van der Waals surface area contributed by atoms with Crippen LogP contribution >= 0.6 is 0 Å². The molecule has 0 atom stereocenters. The Balaban J connectivity index is 1.32. The third kappa shape index (κ3) is 6.24.